The molecule has 0 aliphatic rings. The lowest BCUT2D eigenvalue weighted by atomic mass is 10.3. The maximum absolute atomic E-state index is 5.93. The van der Waals surface area contributed by atoms with Gasteiger partial charge in [-0.2, -0.15) is 5.10 Å². The van der Waals surface area contributed by atoms with E-state index < -0.39 is 0 Å². The average Bonchev–Trinajstić information content (AvgIpc) is 2.80. The number of ether oxygens (including phenoxy) is 1. The van der Waals surface area contributed by atoms with Crippen molar-refractivity contribution in [3.05, 3.63) is 35.2 Å². The fourth-order valence-electron chi connectivity index (χ4n) is 1.44. The molecule has 0 spiro atoms. The zero-order valence-corrected chi connectivity index (χ0v) is 11.1. The van der Waals surface area contributed by atoms with Gasteiger partial charge in [0.25, 0.3) is 0 Å². The second kappa shape index (κ2) is 5.37. The summed E-state index contributed by atoms with van der Waals surface area (Å²) in [6.45, 7) is 4.37. The third-order valence-electron chi connectivity index (χ3n) is 2.42. The lowest BCUT2D eigenvalue weighted by Crippen LogP contribution is -2.01. The van der Waals surface area contributed by atoms with Crippen LogP contribution in [-0.4, -0.2) is 14.8 Å². The summed E-state index contributed by atoms with van der Waals surface area (Å²) in [6, 6.07) is 3.72. The lowest BCUT2D eigenvalue weighted by molar-refractivity contribution is 0.457. The molecule has 0 amide bonds. The number of hydrogen-bond donors (Lipinski definition) is 1. The zero-order chi connectivity index (χ0) is 13.1. The Labute approximate surface area is 111 Å². The Bertz CT molecular complexity index is 539. The van der Waals surface area contributed by atoms with Crippen LogP contribution in [0.1, 0.15) is 25.6 Å². The van der Waals surface area contributed by atoms with Crippen LogP contribution >= 0.6 is 11.6 Å². The van der Waals surface area contributed by atoms with Gasteiger partial charge in [0.15, 0.2) is 5.75 Å². The van der Waals surface area contributed by atoms with Crippen LogP contribution in [0.3, 0.4) is 0 Å². The molecule has 0 saturated carbocycles. The molecule has 0 aliphatic carbocycles. The highest BCUT2D eigenvalue weighted by Gasteiger charge is 2.07. The van der Waals surface area contributed by atoms with Crippen molar-refractivity contribution in [2.45, 2.75) is 26.4 Å². The molecule has 0 saturated heterocycles. The van der Waals surface area contributed by atoms with Crippen molar-refractivity contribution in [2.75, 3.05) is 0 Å². The van der Waals surface area contributed by atoms with Crippen LogP contribution < -0.4 is 10.5 Å². The molecule has 0 unspecified atom stereocenters. The normalized spacial score (nSPS) is 10.9. The van der Waals surface area contributed by atoms with Crippen molar-refractivity contribution in [3.63, 3.8) is 0 Å². The second-order valence-corrected chi connectivity index (χ2v) is 4.54. The molecule has 0 atom stereocenters. The van der Waals surface area contributed by atoms with Gasteiger partial charge in [0.05, 0.1) is 23.1 Å². The standard InChI is InChI=1S/C12H15ClN4O/c1-8(2)17-7-9(6-15-17)18-12-4-3-10(13)11(5-14)16-12/h3-4,6-8H,5,14H2,1-2H3. The first kappa shape index (κ1) is 12.9. The maximum Gasteiger partial charge on any atom is 0.219 e. The fraction of sp³-hybridized carbons (Fsp3) is 0.333. The van der Waals surface area contributed by atoms with Crippen molar-refractivity contribution in [2.24, 2.45) is 5.73 Å². The highest BCUT2D eigenvalue weighted by atomic mass is 35.5. The Hall–Kier alpha value is -1.59. The summed E-state index contributed by atoms with van der Waals surface area (Å²) in [5.41, 5.74) is 6.15. The van der Waals surface area contributed by atoms with E-state index in [4.69, 9.17) is 22.1 Å². The first-order chi connectivity index (χ1) is 8.60. The summed E-state index contributed by atoms with van der Waals surface area (Å²) in [6.07, 6.45) is 3.47. The van der Waals surface area contributed by atoms with Crippen molar-refractivity contribution in [1.29, 1.82) is 0 Å². The van der Waals surface area contributed by atoms with E-state index >= 15 is 0 Å². The SMILES string of the molecule is CC(C)n1cc(Oc2ccc(Cl)c(CN)n2)cn1. The molecule has 2 aromatic heterocycles. The molecule has 0 aliphatic heterocycles. The lowest BCUT2D eigenvalue weighted by Gasteiger charge is -2.05. The van der Waals surface area contributed by atoms with Gasteiger partial charge in [-0.25, -0.2) is 4.98 Å². The molecule has 0 aromatic carbocycles. The van der Waals surface area contributed by atoms with Crippen LogP contribution in [0.4, 0.5) is 0 Å². The summed E-state index contributed by atoms with van der Waals surface area (Å²) >= 11 is 5.93. The van der Waals surface area contributed by atoms with E-state index in [1.807, 2.05) is 24.7 Å². The van der Waals surface area contributed by atoms with Crippen LogP contribution in [0, 0.1) is 0 Å². The minimum atomic E-state index is 0.279. The average molecular weight is 267 g/mol. The highest BCUT2D eigenvalue weighted by molar-refractivity contribution is 6.31. The topological polar surface area (TPSA) is 66.0 Å². The Morgan fingerprint density at radius 1 is 1.44 bits per heavy atom. The molecule has 18 heavy (non-hydrogen) atoms. The predicted molar refractivity (Wildman–Crippen MR) is 69.8 cm³/mol. The molecule has 2 rings (SSSR count). The molecule has 2 heterocycles. The molecule has 5 nitrogen and oxygen atoms in total. The summed E-state index contributed by atoms with van der Waals surface area (Å²) < 4.78 is 7.41. The number of halogens is 1. The van der Waals surface area contributed by atoms with Crippen molar-refractivity contribution in [1.82, 2.24) is 14.8 Å². The van der Waals surface area contributed by atoms with Gasteiger partial charge in [0.1, 0.15) is 0 Å². The minimum absolute atomic E-state index is 0.279. The smallest absolute Gasteiger partial charge is 0.219 e. The quantitative estimate of drug-likeness (QED) is 0.924. The van der Waals surface area contributed by atoms with Gasteiger partial charge in [-0.1, -0.05) is 11.6 Å². The second-order valence-electron chi connectivity index (χ2n) is 4.13. The van der Waals surface area contributed by atoms with Crippen LogP contribution in [0.15, 0.2) is 24.5 Å². The van der Waals surface area contributed by atoms with Crippen LogP contribution in [0.5, 0.6) is 11.6 Å². The summed E-state index contributed by atoms with van der Waals surface area (Å²) in [4.78, 5) is 4.22. The largest absolute Gasteiger partial charge is 0.436 e. The molecular weight excluding hydrogens is 252 g/mol. The third-order valence-corrected chi connectivity index (χ3v) is 2.76. The molecule has 0 fully saturated rings. The number of nitrogens with zero attached hydrogens (tertiary/aromatic N) is 3. The first-order valence-corrected chi connectivity index (χ1v) is 6.05. The van der Waals surface area contributed by atoms with Gasteiger partial charge in [-0.05, 0) is 19.9 Å². The Morgan fingerprint density at radius 2 is 2.22 bits per heavy atom. The van der Waals surface area contributed by atoms with E-state index in [2.05, 4.69) is 10.1 Å². The third kappa shape index (κ3) is 2.80. The zero-order valence-electron chi connectivity index (χ0n) is 10.3. The van der Waals surface area contributed by atoms with E-state index in [-0.39, 0.29) is 6.54 Å². The van der Waals surface area contributed by atoms with Gasteiger partial charge in [0.2, 0.25) is 5.88 Å². The van der Waals surface area contributed by atoms with E-state index in [0.717, 1.165) is 0 Å². The molecule has 0 bridgehead atoms. The predicted octanol–water partition coefficient (Wildman–Crippen LogP) is 2.76. The maximum atomic E-state index is 5.93. The van der Waals surface area contributed by atoms with E-state index in [9.17, 15) is 0 Å². The monoisotopic (exact) mass is 266 g/mol. The number of nitrogens with two attached hydrogens (primary N) is 1. The van der Waals surface area contributed by atoms with Crippen molar-refractivity contribution in [3.8, 4) is 11.6 Å². The Balaban J connectivity index is 2.17. The van der Waals surface area contributed by atoms with Gasteiger partial charge in [-0.3, -0.25) is 4.68 Å². The van der Waals surface area contributed by atoms with Crippen LogP contribution in [-0.2, 0) is 6.54 Å². The summed E-state index contributed by atoms with van der Waals surface area (Å²) in [7, 11) is 0. The summed E-state index contributed by atoms with van der Waals surface area (Å²) in [5.74, 6) is 1.10. The number of aromatic nitrogens is 3. The van der Waals surface area contributed by atoms with E-state index in [1.165, 1.54) is 0 Å². The van der Waals surface area contributed by atoms with Crippen molar-refractivity contribution >= 4 is 11.6 Å². The van der Waals surface area contributed by atoms with Gasteiger partial charge >= 0.3 is 0 Å². The highest BCUT2D eigenvalue weighted by Crippen LogP contribution is 2.23. The summed E-state index contributed by atoms with van der Waals surface area (Å²) in [5, 5.41) is 4.73. The van der Waals surface area contributed by atoms with Crippen LogP contribution in [0.2, 0.25) is 5.02 Å². The van der Waals surface area contributed by atoms with E-state index in [1.54, 1.807) is 18.3 Å². The molecule has 0 radical (unpaired) electrons. The molecule has 2 N–H and O–H groups in total. The van der Waals surface area contributed by atoms with Gasteiger partial charge in [-0.15, -0.1) is 0 Å². The number of pyridine rings is 1. The number of hydrogen-bond acceptors (Lipinski definition) is 4. The molecule has 2 aromatic rings. The fourth-order valence-corrected chi connectivity index (χ4v) is 1.62. The molecular formula is C12H15ClN4O. The molecule has 96 valence electrons. The van der Waals surface area contributed by atoms with Crippen LogP contribution in [0.25, 0.3) is 0 Å². The first-order valence-electron chi connectivity index (χ1n) is 5.67. The Morgan fingerprint density at radius 3 is 2.83 bits per heavy atom. The number of rotatable bonds is 4. The Kier molecular flexibility index (Phi) is 3.84. The molecule has 6 heteroatoms. The minimum Gasteiger partial charge on any atom is -0.436 e. The van der Waals surface area contributed by atoms with Gasteiger partial charge < -0.3 is 10.5 Å². The van der Waals surface area contributed by atoms with Crippen molar-refractivity contribution < 1.29 is 4.74 Å². The van der Waals surface area contributed by atoms with Gasteiger partial charge in [0, 0.05) is 18.7 Å². The van der Waals surface area contributed by atoms with E-state index in [0.29, 0.717) is 28.4 Å².